The van der Waals surface area contributed by atoms with Gasteiger partial charge in [0.1, 0.15) is 0 Å². The highest BCUT2D eigenvalue weighted by molar-refractivity contribution is 5.34. The molecule has 7 fully saturated rings. The van der Waals surface area contributed by atoms with Crippen molar-refractivity contribution in [1.29, 1.82) is 0 Å². The average Bonchev–Trinajstić information content (AvgIpc) is 2.75. The summed E-state index contributed by atoms with van der Waals surface area (Å²) in [6.07, 6.45) is 10.7. The molecule has 1 spiro atoms. The van der Waals surface area contributed by atoms with Gasteiger partial charge in [-0.05, 0) is 75.5 Å². The SMILES string of the molecule is C[C@H]1CC[C@@H]2[C@H]3C[C@H]4C[C@@]2(O)[C@]2(C[C@@H](O)[C@@H]5CCCC[C@H]5[C@H]42)N31. The molecule has 128 valence electrons. The fourth-order valence-corrected chi connectivity index (χ4v) is 9.29. The van der Waals surface area contributed by atoms with Gasteiger partial charge >= 0.3 is 0 Å². The van der Waals surface area contributed by atoms with E-state index < -0.39 is 5.60 Å². The number of fused-ring (bicyclic) bond motifs is 1. The van der Waals surface area contributed by atoms with Crippen LogP contribution < -0.4 is 0 Å². The number of hydrogen-bond donors (Lipinski definition) is 2. The average molecular weight is 317 g/mol. The topological polar surface area (TPSA) is 43.7 Å². The van der Waals surface area contributed by atoms with E-state index in [-0.39, 0.29) is 11.6 Å². The van der Waals surface area contributed by atoms with Gasteiger partial charge in [0.2, 0.25) is 0 Å². The molecule has 2 N–H and O–H groups in total. The van der Waals surface area contributed by atoms with E-state index >= 15 is 0 Å². The number of aliphatic hydroxyl groups is 2. The maximum Gasteiger partial charge on any atom is 0.0880 e. The summed E-state index contributed by atoms with van der Waals surface area (Å²) in [5.41, 5.74) is -0.557. The smallest absolute Gasteiger partial charge is 0.0880 e. The van der Waals surface area contributed by atoms with E-state index in [1.54, 1.807) is 0 Å². The zero-order chi connectivity index (χ0) is 15.6. The minimum Gasteiger partial charge on any atom is -0.393 e. The summed E-state index contributed by atoms with van der Waals surface area (Å²) in [7, 11) is 0. The van der Waals surface area contributed by atoms with Crippen LogP contribution in [0.25, 0.3) is 0 Å². The lowest BCUT2D eigenvalue weighted by molar-refractivity contribution is -0.171. The fourth-order valence-electron chi connectivity index (χ4n) is 9.29. The van der Waals surface area contributed by atoms with Gasteiger partial charge in [0.25, 0.3) is 0 Å². The van der Waals surface area contributed by atoms with Gasteiger partial charge < -0.3 is 10.2 Å². The molecule has 0 aromatic heterocycles. The monoisotopic (exact) mass is 317 g/mol. The van der Waals surface area contributed by atoms with Gasteiger partial charge in [0.05, 0.1) is 17.2 Å². The van der Waals surface area contributed by atoms with Crippen molar-refractivity contribution >= 4 is 0 Å². The van der Waals surface area contributed by atoms with Crippen LogP contribution in [0.5, 0.6) is 0 Å². The molecular formula is C20H31NO2. The molecule has 3 heterocycles. The zero-order valence-corrected chi connectivity index (χ0v) is 14.3. The van der Waals surface area contributed by atoms with Gasteiger partial charge in [-0.15, -0.1) is 0 Å². The largest absolute Gasteiger partial charge is 0.393 e. The van der Waals surface area contributed by atoms with E-state index in [0.29, 0.717) is 35.8 Å². The Hall–Kier alpha value is -0.120. The summed E-state index contributed by atoms with van der Waals surface area (Å²) >= 11 is 0. The lowest BCUT2D eigenvalue weighted by Gasteiger charge is -2.61. The maximum atomic E-state index is 12.0. The molecular weight excluding hydrogens is 286 g/mol. The van der Waals surface area contributed by atoms with Crippen molar-refractivity contribution in [2.24, 2.45) is 29.6 Å². The second-order valence-corrected chi connectivity index (χ2v) is 9.97. The van der Waals surface area contributed by atoms with E-state index in [1.807, 2.05) is 0 Å². The third-order valence-corrected chi connectivity index (χ3v) is 9.54. The van der Waals surface area contributed by atoms with Gasteiger partial charge in [-0.25, -0.2) is 0 Å². The highest BCUT2D eigenvalue weighted by atomic mass is 16.3. The number of nitrogens with zero attached hydrogens (tertiary/aromatic N) is 1. The molecule has 7 aliphatic rings. The lowest BCUT2D eigenvalue weighted by atomic mass is 9.54. The van der Waals surface area contributed by atoms with E-state index in [9.17, 15) is 10.2 Å². The van der Waals surface area contributed by atoms with E-state index in [1.165, 1.54) is 44.9 Å². The van der Waals surface area contributed by atoms with Gasteiger partial charge in [-0.1, -0.05) is 12.8 Å². The molecule has 1 unspecified atom stereocenters. The van der Waals surface area contributed by atoms with Crippen molar-refractivity contribution in [3.63, 3.8) is 0 Å². The molecule has 3 nitrogen and oxygen atoms in total. The van der Waals surface area contributed by atoms with Crippen molar-refractivity contribution in [2.45, 2.75) is 94.0 Å². The maximum absolute atomic E-state index is 12.0. The first-order valence-electron chi connectivity index (χ1n) is 10.3. The molecule has 6 bridgehead atoms. The molecule has 7 rings (SSSR count). The van der Waals surface area contributed by atoms with E-state index in [2.05, 4.69) is 11.8 Å². The fraction of sp³-hybridized carbons (Fsp3) is 1.00. The molecule has 4 aliphatic carbocycles. The summed E-state index contributed by atoms with van der Waals surface area (Å²) in [5, 5.41) is 23.0. The minimum absolute atomic E-state index is 0.0703. The Balaban J connectivity index is 1.54. The molecule has 0 aromatic rings. The van der Waals surface area contributed by atoms with Crippen molar-refractivity contribution < 1.29 is 10.2 Å². The number of rotatable bonds is 0. The molecule has 11 atom stereocenters. The summed E-state index contributed by atoms with van der Waals surface area (Å²) in [6.45, 7) is 2.39. The predicted molar refractivity (Wildman–Crippen MR) is 87.8 cm³/mol. The first kappa shape index (κ1) is 14.1. The molecule has 3 saturated heterocycles. The third-order valence-electron chi connectivity index (χ3n) is 9.54. The molecule has 3 heteroatoms. The lowest BCUT2D eigenvalue weighted by Crippen LogP contribution is -2.69. The predicted octanol–water partition coefficient (Wildman–Crippen LogP) is 2.55. The summed E-state index contributed by atoms with van der Waals surface area (Å²) < 4.78 is 0. The van der Waals surface area contributed by atoms with E-state index in [0.717, 1.165) is 18.8 Å². The minimum atomic E-state index is -0.487. The Labute approximate surface area is 139 Å². The zero-order valence-electron chi connectivity index (χ0n) is 14.3. The van der Waals surface area contributed by atoms with Crippen molar-refractivity contribution in [1.82, 2.24) is 4.90 Å². The highest BCUT2D eigenvalue weighted by Crippen LogP contribution is 2.75. The van der Waals surface area contributed by atoms with Crippen LogP contribution >= 0.6 is 0 Å². The molecule has 23 heavy (non-hydrogen) atoms. The normalized spacial score (nSPS) is 68.7. The van der Waals surface area contributed by atoms with Crippen LogP contribution in [0.4, 0.5) is 0 Å². The van der Waals surface area contributed by atoms with Gasteiger partial charge in [-0.3, -0.25) is 4.90 Å². The van der Waals surface area contributed by atoms with Gasteiger partial charge in [0.15, 0.2) is 0 Å². The first-order valence-corrected chi connectivity index (χ1v) is 10.3. The van der Waals surface area contributed by atoms with Crippen LogP contribution in [0.3, 0.4) is 0 Å². The Morgan fingerprint density at radius 2 is 1.78 bits per heavy atom. The Morgan fingerprint density at radius 3 is 2.61 bits per heavy atom. The second-order valence-electron chi connectivity index (χ2n) is 9.97. The van der Waals surface area contributed by atoms with Gasteiger partial charge in [-0.2, -0.15) is 0 Å². The van der Waals surface area contributed by atoms with E-state index in [4.69, 9.17) is 0 Å². The number of hydrogen-bond acceptors (Lipinski definition) is 3. The van der Waals surface area contributed by atoms with Crippen LogP contribution in [-0.2, 0) is 0 Å². The van der Waals surface area contributed by atoms with Crippen LogP contribution in [0.1, 0.15) is 64.7 Å². The molecule has 3 aliphatic heterocycles. The third kappa shape index (κ3) is 1.32. The van der Waals surface area contributed by atoms with Crippen LogP contribution in [-0.4, -0.2) is 44.4 Å². The summed E-state index contributed by atoms with van der Waals surface area (Å²) in [6, 6.07) is 1.21. The van der Waals surface area contributed by atoms with Crippen molar-refractivity contribution in [2.75, 3.05) is 0 Å². The quantitative estimate of drug-likeness (QED) is 0.722. The molecule has 4 saturated carbocycles. The van der Waals surface area contributed by atoms with Crippen LogP contribution in [0.2, 0.25) is 0 Å². The second kappa shape index (κ2) is 4.16. The Morgan fingerprint density at radius 1 is 1.00 bits per heavy atom. The highest BCUT2D eigenvalue weighted by Gasteiger charge is 2.82. The summed E-state index contributed by atoms with van der Waals surface area (Å²) in [5.74, 6) is 3.10. The standard InChI is InChI=1S/C20H31NO2/c1-11-6-7-15-16-8-12-9-20(15,23)19(21(11)16)10-17(22)13-4-2-3-5-14(13)18(12)19/h11-18,22-23H,2-10H2,1H3/t11-,12-,13+,14+,15+,16+,17+,18-,19+,20-/m0/s1. The summed E-state index contributed by atoms with van der Waals surface area (Å²) in [4.78, 5) is 2.78. The number of piperidine rings is 2. The van der Waals surface area contributed by atoms with Crippen molar-refractivity contribution in [3.05, 3.63) is 0 Å². The van der Waals surface area contributed by atoms with Gasteiger partial charge in [0, 0.05) is 18.0 Å². The molecule has 0 aromatic carbocycles. The molecule has 0 radical (unpaired) electrons. The molecule has 0 amide bonds. The first-order chi connectivity index (χ1) is 11.1. The van der Waals surface area contributed by atoms with Crippen molar-refractivity contribution in [3.8, 4) is 0 Å². The number of aliphatic hydroxyl groups excluding tert-OH is 1. The van der Waals surface area contributed by atoms with Crippen LogP contribution in [0, 0.1) is 29.6 Å². The Bertz CT molecular complexity index is 552. The Kier molecular flexibility index (Phi) is 2.55. The van der Waals surface area contributed by atoms with Crippen LogP contribution in [0.15, 0.2) is 0 Å².